The molecule has 0 fully saturated rings. The summed E-state index contributed by atoms with van der Waals surface area (Å²) in [5.41, 5.74) is 1.74. The molecule has 0 aromatic heterocycles. The van der Waals surface area contributed by atoms with Crippen LogP contribution in [0.15, 0.2) is 48.5 Å². The van der Waals surface area contributed by atoms with E-state index in [1.807, 2.05) is 18.2 Å². The number of methoxy groups -OCH3 is 2. The van der Waals surface area contributed by atoms with Crippen molar-refractivity contribution in [2.75, 3.05) is 33.9 Å². The Bertz CT molecular complexity index is 777. The van der Waals surface area contributed by atoms with Gasteiger partial charge in [-0.3, -0.25) is 9.59 Å². The van der Waals surface area contributed by atoms with Gasteiger partial charge >= 0.3 is 0 Å². The topological polar surface area (TPSA) is 67.9 Å². The molecule has 0 aliphatic carbocycles. The lowest BCUT2D eigenvalue weighted by molar-refractivity contribution is -0.128. The minimum atomic E-state index is -0.214. The Labute approximate surface area is 166 Å². The number of ether oxygens (including phenoxy) is 2. The molecule has 1 N–H and O–H groups in total. The Morgan fingerprint density at radius 3 is 2.32 bits per heavy atom. The van der Waals surface area contributed by atoms with Crippen molar-refractivity contribution in [2.24, 2.45) is 0 Å². The average Bonchev–Trinajstić information content (AvgIpc) is 2.72. The summed E-state index contributed by atoms with van der Waals surface area (Å²) in [4.78, 5) is 26.0. The molecular weight excluding hydrogens is 356 g/mol. The molecular formula is C22H28N2O4. The number of amides is 2. The van der Waals surface area contributed by atoms with Crippen molar-refractivity contribution in [3.05, 3.63) is 59.7 Å². The van der Waals surface area contributed by atoms with Crippen molar-refractivity contribution in [1.82, 2.24) is 10.2 Å². The Morgan fingerprint density at radius 1 is 0.964 bits per heavy atom. The summed E-state index contributed by atoms with van der Waals surface area (Å²) in [7, 11) is 3.07. The molecule has 0 aliphatic rings. The van der Waals surface area contributed by atoms with Gasteiger partial charge in [0.25, 0.3) is 5.91 Å². The van der Waals surface area contributed by atoms with E-state index in [1.165, 1.54) is 12.7 Å². The maximum atomic E-state index is 12.4. The maximum absolute atomic E-state index is 12.4. The van der Waals surface area contributed by atoms with Crippen LogP contribution in [-0.4, -0.2) is 50.6 Å². The van der Waals surface area contributed by atoms with Gasteiger partial charge in [0.05, 0.1) is 14.2 Å². The van der Waals surface area contributed by atoms with Crippen molar-refractivity contribution in [3.8, 4) is 11.5 Å². The molecule has 0 atom stereocenters. The number of aryl methyl sites for hydroxylation is 1. The molecule has 0 bridgehead atoms. The van der Waals surface area contributed by atoms with Crippen molar-refractivity contribution < 1.29 is 19.1 Å². The van der Waals surface area contributed by atoms with Gasteiger partial charge in [0.15, 0.2) is 11.5 Å². The first-order chi connectivity index (χ1) is 13.5. The molecule has 6 nitrogen and oxygen atoms in total. The van der Waals surface area contributed by atoms with Crippen LogP contribution in [0.4, 0.5) is 0 Å². The maximum Gasteiger partial charge on any atom is 0.251 e. The lowest BCUT2D eigenvalue weighted by atomic mass is 10.1. The molecule has 2 aromatic rings. The molecule has 0 unspecified atom stereocenters. The highest BCUT2D eigenvalue weighted by molar-refractivity contribution is 5.94. The van der Waals surface area contributed by atoms with E-state index in [9.17, 15) is 9.59 Å². The summed E-state index contributed by atoms with van der Waals surface area (Å²) in [5, 5.41) is 2.85. The molecule has 0 spiro atoms. The molecule has 6 heteroatoms. The lowest BCUT2D eigenvalue weighted by Gasteiger charge is -2.21. The standard InChI is InChI=1S/C22H28N2O4/c1-17(25)24(14-7-10-18-8-5-4-6-9-18)15-13-23-22(26)19-11-12-20(27-2)21(16-19)28-3/h4-6,8-9,11-12,16H,7,10,13-15H2,1-3H3,(H,23,26). The second kappa shape index (κ2) is 11.0. The molecule has 2 aromatic carbocycles. The minimum Gasteiger partial charge on any atom is -0.493 e. The van der Waals surface area contributed by atoms with E-state index in [2.05, 4.69) is 17.4 Å². The van der Waals surface area contributed by atoms with Crippen molar-refractivity contribution in [1.29, 1.82) is 0 Å². The van der Waals surface area contributed by atoms with Crippen molar-refractivity contribution in [3.63, 3.8) is 0 Å². The van der Waals surface area contributed by atoms with Crippen LogP contribution in [0, 0.1) is 0 Å². The third-order valence-corrected chi connectivity index (χ3v) is 4.49. The Morgan fingerprint density at radius 2 is 1.68 bits per heavy atom. The Kier molecular flexibility index (Phi) is 8.34. The number of hydrogen-bond donors (Lipinski definition) is 1. The summed E-state index contributed by atoms with van der Waals surface area (Å²) < 4.78 is 10.4. The number of rotatable bonds is 10. The summed E-state index contributed by atoms with van der Waals surface area (Å²) in [6, 6.07) is 15.2. The quantitative estimate of drug-likeness (QED) is 0.684. The summed E-state index contributed by atoms with van der Waals surface area (Å²) in [6.07, 6.45) is 1.80. The van der Waals surface area contributed by atoms with Crippen LogP contribution < -0.4 is 14.8 Å². The first-order valence-electron chi connectivity index (χ1n) is 9.34. The second-order valence-corrected chi connectivity index (χ2v) is 6.42. The van der Waals surface area contributed by atoms with E-state index in [-0.39, 0.29) is 11.8 Å². The minimum absolute atomic E-state index is 0.00780. The predicted molar refractivity (Wildman–Crippen MR) is 109 cm³/mol. The second-order valence-electron chi connectivity index (χ2n) is 6.42. The van der Waals surface area contributed by atoms with Crippen LogP contribution in [-0.2, 0) is 11.2 Å². The predicted octanol–water partition coefficient (Wildman–Crippen LogP) is 2.91. The van der Waals surface area contributed by atoms with Gasteiger partial charge in [-0.1, -0.05) is 30.3 Å². The fraction of sp³-hybridized carbons (Fsp3) is 0.364. The SMILES string of the molecule is COc1ccc(C(=O)NCCN(CCCc2ccccc2)C(C)=O)cc1OC. The smallest absolute Gasteiger partial charge is 0.251 e. The van der Waals surface area contributed by atoms with Gasteiger partial charge in [0.2, 0.25) is 5.91 Å². The first kappa shape index (κ1) is 21.3. The summed E-state index contributed by atoms with van der Waals surface area (Å²) in [6.45, 7) is 3.08. The van der Waals surface area contributed by atoms with E-state index in [1.54, 1.807) is 37.1 Å². The van der Waals surface area contributed by atoms with E-state index >= 15 is 0 Å². The molecule has 2 rings (SSSR count). The van der Waals surface area contributed by atoms with Crippen LogP contribution in [0.3, 0.4) is 0 Å². The Hall–Kier alpha value is -3.02. The van der Waals surface area contributed by atoms with Gasteiger partial charge < -0.3 is 19.7 Å². The molecule has 150 valence electrons. The largest absolute Gasteiger partial charge is 0.493 e. The fourth-order valence-corrected chi connectivity index (χ4v) is 2.93. The average molecular weight is 384 g/mol. The van der Waals surface area contributed by atoms with Crippen LogP contribution in [0.25, 0.3) is 0 Å². The van der Waals surface area contributed by atoms with Crippen LogP contribution >= 0.6 is 0 Å². The summed E-state index contributed by atoms with van der Waals surface area (Å²) >= 11 is 0. The molecule has 28 heavy (non-hydrogen) atoms. The number of carbonyl (C=O) groups is 2. The van der Waals surface area contributed by atoms with Crippen LogP contribution in [0.5, 0.6) is 11.5 Å². The third-order valence-electron chi connectivity index (χ3n) is 4.49. The third kappa shape index (κ3) is 6.30. The van der Waals surface area contributed by atoms with Crippen LogP contribution in [0.1, 0.15) is 29.3 Å². The van der Waals surface area contributed by atoms with Gasteiger partial charge in [-0.15, -0.1) is 0 Å². The Balaban J connectivity index is 1.81. The van der Waals surface area contributed by atoms with Gasteiger partial charge in [-0.05, 0) is 36.6 Å². The first-order valence-corrected chi connectivity index (χ1v) is 9.34. The summed E-state index contributed by atoms with van der Waals surface area (Å²) in [5.74, 6) is 0.865. The highest BCUT2D eigenvalue weighted by atomic mass is 16.5. The molecule has 0 aliphatic heterocycles. The van der Waals surface area contributed by atoms with Crippen molar-refractivity contribution >= 4 is 11.8 Å². The number of hydrogen-bond acceptors (Lipinski definition) is 4. The number of nitrogens with one attached hydrogen (secondary N) is 1. The zero-order valence-electron chi connectivity index (χ0n) is 16.7. The zero-order chi connectivity index (χ0) is 20.4. The lowest BCUT2D eigenvalue weighted by Crippen LogP contribution is -2.38. The van der Waals surface area contributed by atoms with Crippen molar-refractivity contribution in [2.45, 2.75) is 19.8 Å². The zero-order valence-corrected chi connectivity index (χ0v) is 16.7. The fourth-order valence-electron chi connectivity index (χ4n) is 2.93. The molecule has 0 saturated heterocycles. The van der Waals surface area contributed by atoms with E-state index < -0.39 is 0 Å². The monoisotopic (exact) mass is 384 g/mol. The normalized spacial score (nSPS) is 10.2. The number of nitrogens with zero attached hydrogens (tertiary/aromatic N) is 1. The van der Waals surface area contributed by atoms with Gasteiger partial charge in [-0.25, -0.2) is 0 Å². The van der Waals surface area contributed by atoms with Gasteiger partial charge in [0.1, 0.15) is 0 Å². The molecule has 0 heterocycles. The van der Waals surface area contributed by atoms with E-state index in [0.29, 0.717) is 36.7 Å². The highest BCUT2D eigenvalue weighted by Gasteiger charge is 2.12. The van der Waals surface area contributed by atoms with E-state index in [4.69, 9.17) is 9.47 Å². The van der Waals surface area contributed by atoms with E-state index in [0.717, 1.165) is 12.8 Å². The van der Waals surface area contributed by atoms with Gasteiger partial charge in [-0.2, -0.15) is 0 Å². The number of carbonyl (C=O) groups excluding carboxylic acids is 2. The number of benzene rings is 2. The molecule has 0 radical (unpaired) electrons. The van der Waals surface area contributed by atoms with Crippen LogP contribution in [0.2, 0.25) is 0 Å². The molecule has 2 amide bonds. The van der Waals surface area contributed by atoms with Gasteiger partial charge in [0, 0.05) is 32.1 Å². The highest BCUT2D eigenvalue weighted by Crippen LogP contribution is 2.27. The molecule has 0 saturated carbocycles.